The number of aromatic nitrogens is 2. The lowest BCUT2D eigenvalue weighted by Gasteiger charge is -2.29. The zero-order valence-electron chi connectivity index (χ0n) is 11.5. The number of nitrogens with zero attached hydrogens (tertiary/aromatic N) is 2. The molecule has 2 rings (SSSR count). The molecule has 1 aromatic rings. The molecular formula is C14H19BrN2O3. The van der Waals surface area contributed by atoms with E-state index in [0.29, 0.717) is 22.8 Å². The van der Waals surface area contributed by atoms with Gasteiger partial charge in [-0.05, 0) is 41.6 Å². The van der Waals surface area contributed by atoms with Crippen LogP contribution in [-0.4, -0.2) is 27.7 Å². The first-order valence-electron chi connectivity index (χ1n) is 7.00. The van der Waals surface area contributed by atoms with Crippen LogP contribution in [0.1, 0.15) is 61.4 Å². The standard InChI is InChI=1S/C14H19BrN2O3/c1-2-20-12(9-6-4-3-5-7-9)13-16-8-10(15)11(17-13)14(18)19/h8-9,12H,2-7H2,1H3,(H,18,19). The molecule has 1 heterocycles. The molecule has 1 unspecified atom stereocenters. The van der Waals surface area contributed by atoms with Gasteiger partial charge < -0.3 is 9.84 Å². The number of halogens is 1. The predicted molar refractivity (Wildman–Crippen MR) is 77.6 cm³/mol. The second-order valence-electron chi connectivity index (χ2n) is 5.00. The number of carboxylic acids is 1. The van der Waals surface area contributed by atoms with E-state index in [9.17, 15) is 4.79 Å². The number of rotatable bonds is 5. The van der Waals surface area contributed by atoms with E-state index in [1.165, 1.54) is 25.5 Å². The summed E-state index contributed by atoms with van der Waals surface area (Å²) in [7, 11) is 0. The molecule has 110 valence electrons. The van der Waals surface area contributed by atoms with E-state index in [-0.39, 0.29) is 11.8 Å². The van der Waals surface area contributed by atoms with E-state index >= 15 is 0 Å². The average Bonchev–Trinajstić information content (AvgIpc) is 2.46. The molecule has 6 heteroatoms. The van der Waals surface area contributed by atoms with Crippen molar-refractivity contribution in [1.82, 2.24) is 9.97 Å². The van der Waals surface area contributed by atoms with E-state index in [0.717, 1.165) is 12.8 Å². The molecule has 0 aromatic carbocycles. The van der Waals surface area contributed by atoms with Crippen LogP contribution in [0.2, 0.25) is 0 Å². The summed E-state index contributed by atoms with van der Waals surface area (Å²) in [4.78, 5) is 19.6. The highest BCUT2D eigenvalue weighted by atomic mass is 79.9. The predicted octanol–water partition coefficient (Wildman–Crippen LogP) is 3.60. The first-order chi connectivity index (χ1) is 9.63. The van der Waals surface area contributed by atoms with E-state index < -0.39 is 5.97 Å². The number of hydrogen-bond donors (Lipinski definition) is 1. The van der Waals surface area contributed by atoms with Crippen LogP contribution in [0.25, 0.3) is 0 Å². The molecule has 0 aliphatic heterocycles. The Kier molecular flexibility index (Phi) is 5.48. The van der Waals surface area contributed by atoms with Crippen LogP contribution >= 0.6 is 15.9 Å². The summed E-state index contributed by atoms with van der Waals surface area (Å²) in [6.45, 7) is 2.51. The monoisotopic (exact) mass is 342 g/mol. The average molecular weight is 343 g/mol. The minimum absolute atomic E-state index is 0.00416. The Morgan fingerprint density at radius 1 is 1.50 bits per heavy atom. The number of hydrogen-bond acceptors (Lipinski definition) is 4. The van der Waals surface area contributed by atoms with Crippen LogP contribution in [0.5, 0.6) is 0 Å². The van der Waals surface area contributed by atoms with Gasteiger partial charge in [-0.1, -0.05) is 19.3 Å². The molecule has 1 atom stereocenters. The third kappa shape index (κ3) is 3.55. The molecule has 0 amide bonds. The maximum Gasteiger partial charge on any atom is 0.355 e. The van der Waals surface area contributed by atoms with E-state index in [2.05, 4.69) is 25.9 Å². The highest BCUT2D eigenvalue weighted by Crippen LogP contribution is 2.35. The van der Waals surface area contributed by atoms with Gasteiger partial charge in [0.2, 0.25) is 0 Å². The molecule has 1 aliphatic rings. The van der Waals surface area contributed by atoms with Crippen molar-refractivity contribution < 1.29 is 14.6 Å². The van der Waals surface area contributed by atoms with Crippen LogP contribution < -0.4 is 0 Å². The summed E-state index contributed by atoms with van der Waals surface area (Å²) in [5, 5.41) is 9.15. The molecule has 0 bridgehead atoms. The highest BCUT2D eigenvalue weighted by molar-refractivity contribution is 9.10. The van der Waals surface area contributed by atoms with Gasteiger partial charge in [-0.15, -0.1) is 0 Å². The molecule has 1 aliphatic carbocycles. The van der Waals surface area contributed by atoms with Crippen molar-refractivity contribution in [3.8, 4) is 0 Å². The van der Waals surface area contributed by atoms with Crippen molar-refractivity contribution in [2.24, 2.45) is 5.92 Å². The normalized spacial score (nSPS) is 17.9. The summed E-state index contributed by atoms with van der Waals surface area (Å²) in [5.74, 6) is -0.190. The second kappa shape index (κ2) is 7.13. The lowest BCUT2D eigenvalue weighted by Crippen LogP contribution is -2.22. The van der Waals surface area contributed by atoms with Gasteiger partial charge in [-0.25, -0.2) is 14.8 Å². The summed E-state index contributed by atoms with van der Waals surface area (Å²) in [6.07, 6.45) is 7.12. The molecule has 20 heavy (non-hydrogen) atoms. The summed E-state index contributed by atoms with van der Waals surface area (Å²) in [6, 6.07) is 0. The van der Waals surface area contributed by atoms with E-state index in [4.69, 9.17) is 9.84 Å². The maximum atomic E-state index is 11.2. The molecule has 1 N–H and O–H groups in total. The molecular weight excluding hydrogens is 324 g/mol. The van der Waals surface area contributed by atoms with Crippen LogP contribution in [0.4, 0.5) is 0 Å². The van der Waals surface area contributed by atoms with Gasteiger partial charge in [0.15, 0.2) is 11.5 Å². The Bertz CT molecular complexity index is 475. The molecule has 0 spiro atoms. The molecule has 1 fully saturated rings. The minimum atomic E-state index is -1.06. The Morgan fingerprint density at radius 2 is 2.20 bits per heavy atom. The fourth-order valence-electron chi connectivity index (χ4n) is 2.71. The fraction of sp³-hybridized carbons (Fsp3) is 0.643. The van der Waals surface area contributed by atoms with Crippen LogP contribution in [-0.2, 0) is 4.74 Å². The molecule has 0 saturated heterocycles. The Hall–Kier alpha value is -1.01. The van der Waals surface area contributed by atoms with Crippen LogP contribution in [0.15, 0.2) is 10.7 Å². The maximum absolute atomic E-state index is 11.2. The lowest BCUT2D eigenvalue weighted by molar-refractivity contribution is -0.000402. The van der Waals surface area contributed by atoms with Gasteiger partial charge in [0.05, 0.1) is 4.47 Å². The van der Waals surface area contributed by atoms with Crippen LogP contribution in [0, 0.1) is 5.92 Å². The third-order valence-electron chi connectivity index (χ3n) is 3.64. The van der Waals surface area contributed by atoms with Crippen LogP contribution in [0.3, 0.4) is 0 Å². The summed E-state index contributed by atoms with van der Waals surface area (Å²) >= 11 is 3.17. The fourth-order valence-corrected chi connectivity index (χ4v) is 3.07. The van der Waals surface area contributed by atoms with Gasteiger partial charge in [-0.2, -0.15) is 0 Å². The van der Waals surface area contributed by atoms with Crippen molar-refractivity contribution in [2.75, 3.05) is 6.61 Å². The Morgan fingerprint density at radius 3 is 2.80 bits per heavy atom. The smallest absolute Gasteiger partial charge is 0.355 e. The van der Waals surface area contributed by atoms with E-state index in [1.54, 1.807) is 0 Å². The first kappa shape index (κ1) is 15.4. The summed E-state index contributed by atoms with van der Waals surface area (Å²) < 4.78 is 6.20. The van der Waals surface area contributed by atoms with Gasteiger partial charge in [0.1, 0.15) is 6.10 Å². The quantitative estimate of drug-likeness (QED) is 0.884. The molecule has 1 saturated carbocycles. The summed E-state index contributed by atoms with van der Waals surface area (Å²) in [5.41, 5.74) is -0.00416. The van der Waals surface area contributed by atoms with Gasteiger partial charge in [0, 0.05) is 12.8 Å². The third-order valence-corrected chi connectivity index (χ3v) is 4.22. The second-order valence-corrected chi connectivity index (χ2v) is 5.86. The zero-order chi connectivity index (χ0) is 14.5. The topological polar surface area (TPSA) is 72.3 Å². The van der Waals surface area contributed by atoms with Crippen molar-refractivity contribution in [3.05, 3.63) is 22.2 Å². The van der Waals surface area contributed by atoms with E-state index in [1.807, 2.05) is 6.92 Å². The van der Waals surface area contributed by atoms with Gasteiger partial charge in [-0.3, -0.25) is 0 Å². The van der Waals surface area contributed by atoms with Crippen molar-refractivity contribution >= 4 is 21.9 Å². The van der Waals surface area contributed by atoms with Crippen molar-refractivity contribution in [3.63, 3.8) is 0 Å². The number of ether oxygens (including phenoxy) is 1. The van der Waals surface area contributed by atoms with Gasteiger partial charge >= 0.3 is 5.97 Å². The number of aromatic carboxylic acids is 1. The zero-order valence-corrected chi connectivity index (χ0v) is 13.1. The van der Waals surface area contributed by atoms with Crippen molar-refractivity contribution in [1.29, 1.82) is 0 Å². The minimum Gasteiger partial charge on any atom is -0.476 e. The molecule has 1 aromatic heterocycles. The first-order valence-corrected chi connectivity index (χ1v) is 7.80. The molecule has 5 nitrogen and oxygen atoms in total. The van der Waals surface area contributed by atoms with Crippen molar-refractivity contribution in [2.45, 2.75) is 45.1 Å². The Labute approximate surface area is 126 Å². The number of carbonyl (C=O) groups is 1. The largest absolute Gasteiger partial charge is 0.476 e. The van der Waals surface area contributed by atoms with Gasteiger partial charge in [0.25, 0.3) is 0 Å². The SMILES string of the molecule is CCOC(c1ncc(Br)c(C(=O)O)n1)C1CCCCC1. The Balaban J connectivity index is 2.28. The molecule has 0 radical (unpaired) electrons. The number of carboxylic acid groups (broad SMARTS) is 1. The lowest BCUT2D eigenvalue weighted by atomic mass is 9.85. The highest BCUT2D eigenvalue weighted by Gasteiger charge is 2.28.